The molecule has 0 fully saturated rings. The van der Waals surface area contributed by atoms with Crippen molar-refractivity contribution in [1.82, 2.24) is 0 Å². The van der Waals surface area contributed by atoms with Crippen molar-refractivity contribution in [2.45, 2.75) is 13.1 Å². The van der Waals surface area contributed by atoms with Crippen molar-refractivity contribution in [2.75, 3.05) is 0 Å². The number of fused-ring (bicyclic) bond motifs is 3. The molecule has 0 atom stereocenters. The molecule has 1 nitrogen and oxygen atoms in total. The van der Waals surface area contributed by atoms with Crippen molar-refractivity contribution < 1.29 is 4.42 Å². The highest BCUT2D eigenvalue weighted by molar-refractivity contribution is 6.72. The van der Waals surface area contributed by atoms with Crippen molar-refractivity contribution in [3.63, 3.8) is 0 Å². The summed E-state index contributed by atoms with van der Waals surface area (Å²) in [5.74, 6) is 0. The van der Waals surface area contributed by atoms with E-state index in [1.54, 1.807) is 0 Å². The van der Waals surface area contributed by atoms with E-state index in [-0.39, 0.29) is 0 Å². The maximum Gasteiger partial charge on any atom is 0.143 e. The molecule has 3 heteroatoms. The van der Waals surface area contributed by atoms with E-state index in [2.05, 4.69) is 55.6 Å². The van der Waals surface area contributed by atoms with Crippen molar-refractivity contribution in [3.05, 3.63) is 65.7 Å². The lowest BCUT2D eigenvalue weighted by molar-refractivity contribution is 0.670. The second kappa shape index (κ2) is 5.55. The van der Waals surface area contributed by atoms with Crippen LogP contribution in [0.5, 0.6) is 0 Å². The van der Waals surface area contributed by atoms with Crippen LogP contribution < -0.4 is 5.19 Å². The number of benzene rings is 3. The lowest BCUT2D eigenvalue weighted by Gasteiger charge is -2.13. The van der Waals surface area contributed by atoms with E-state index in [1.807, 2.05) is 18.2 Å². The van der Waals surface area contributed by atoms with E-state index in [9.17, 15) is 0 Å². The zero-order valence-electron chi connectivity index (χ0n) is 13.1. The predicted octanol–water partition coefficient (Wildman–Crippen LogP) is 5.60. The van der Waals surface area contributed by atoms with Crippen molar-refractivity contribution >= 4 is 47.5 Å². The molecule has 0 unspecified atom stereocenters. The largest absolute Gasteiger partial charge is 0.455 e. The van der Waals surface area contributed by atoms with Crippen LogP contribution in [-0.4, -0.2) is 8.80 Å². The van der Waals surface area contributed by atoms with E-state index < -0.39 is 8.80 Å². The third-order valence-electron chi connectivity index (χ3n) is 4.33. The Morgan fingerprint density at radius 1 is 0.826 bits per heavy atom. The summed E-state index contributed by atoms with van der Waals surface area (Å²) < 4.78 is 6.19. The van der Waals surface area contributed by atoms with Crippen LogP contribution in [0.3, 0.4) is 0 Å². The number of furan rings is 1. The van der Waals surface area contributed by atoms with Crippen LogP contribution in [0.25, 0.3) is 33.1 Å². The van der Waals surface area contributed by atoms with Crippen molar-refractivity contribution in [3.8, 4) is 11.1 Å². The molecule has 4 rings (SSSR count). The fourth-order valence-electron chi connectivity index (χ4n) is 3.22. The Labute approximate surface area is 142 Å². The predicted molar refractivity (Wildman–Crippen MR) is 103 cm³/mol. The topological polar surface area (TPSA) is 13.1 Å². The molecule has 3 aromatic carbocycles. The maximum atomic E-state index is 6.23. The quantitative estimate of drug-likeness (QED) is 0.434. The summed E-state index contributed by atoms with van der Waals surface area (Å²) in [7, 11) is -1.01. The molecule has 0 bridgehead atoms. The summed E-state index contributed by atoms with van der Waals surface area (Å²) in [5.41, 5.74) is 4.31. The average molecular weight is 337 g/mol. The molecule has 23 heavy (non-hydrogen) atoms. The van der Waals surface area contributed by atoms with Crippen LogP contribution in [0.4, 0.5) is 0 Å². The van der Waals surface area contributed by atoms with E-state index in [4.69, 9.17) is 16.0 Å². The van der Waals surface area contributed by atoms with Gasteiger partial charge in [0.05, 0.1) is 8.80 Å². The van der Waals surface area contributed by atoms with Gasteiger partial charge in [0, 0.05) is 21.4 Å². The van der Waals surface area contributed by atoms with E-state index in [0.717, 1.165) is 21.8 Å². The molecule has 4 aromatic rings. The molecule has 1 aromatic heterocycles. The SMILES string of the molecule is C[SiH](C)c1cc(Cl)ccc1-c1cccc2c1oc1ccccc12. The fraction of sp³-hybridized carbons (Fsp3) is 0.100. The first-order valence-electron chi connectivity index (χ1n) is 7.85. The number of hydrogen-bond donors (Lipinski definition) is 0. The number of rotatable bonds is 2. The fourth-order valence-corrected chi connectivity index (χ4v) is 4.89. The highest BCUT2D eigenvalue weighted by Crippen LogP contribution is 2.35. The van der Waals surface area contributed by atoms with Gasteiger partial charge in [-0.15, -0.1) is 0 Å². The van der Waals surface area contributed by atoms with E-state index in [1.165, 1.54) is 21.5 Å². The van der Waals surface area contributed by atoms with Gasteiger partial charge in [-0.05, 0) is 23.8 Å². The van der Waals surface area contributed by atoms with Crippen LogP contribution in [0.2, 0.25) is 18.1 Å². The standard InChI is InChI=1S/C20H17ClOSi/c1-23(2)19-12-13(21)10-11-15(19)17-8-5-7-16-14-6-3-4-9-18(14)22-20(16)17/h3-12,23H,1-2H3. The van der Waals surface area contributed by atoms with Crippen molar-refractivity contribution in [1.29, 1.82) is 0 Å². The van der Waals surface area contributed by atoms with Crippen LogP contribution in [0, 0.1) is 0 Å². The zero-order chi connectivity index (χ0) is 16.0. The average Bonchev–Trinajstić information content (AvgIpc) is 2.93. The summed E-state index contributed by atoms with van der Waals surface area (Å²) >= 11 is 6.23. The highest BCUT2D eigenvalue weighted by Gasteiger charge is 2.16. The van der Waals surface area contributed by atoms with Gasteiger partial charge in [-0.2, -0.15) is 0 Å². The molecule has 0 saturated heterocycles. The first-order valence-corrected chi connectivity index (χ1v) is 11.1. The lowest BCUT2D eigenvalue weighted by atomic mass is 10.0. The second-order valence-corrected chi connectivity index (χ2v) is 9.53. The maximum absolute atomic E-state index is 6.23. The molecule has 0 N–H and O–H groups in total. The Kier molecular flexibility index (Phi) is 3.51. The second-order valence-electron chi connectivity index (χ2n) is 6.17. The third-order valence-corrected chi connectivity index (χ3v) is 6.29. The van der Waals surface area contributed by atoms with Crippen LogP contribution >= 0.6 is 11.6 Å². The smallest absolute Gasteiger partial charge is 0.143 e. The minimum Gasteiger partial charge on any atom is -0.455 e. The van der Waals surface area contributed by atoms with Crippen LogP contribution in [0.15, 0.2) is 65.1 Å². The Balaban J connectivity index is 2.07. The molecule has 0 aliphatic heterocycles. The molecular weight excluding hydrogens is 320 g/mol. The summed E-state index contributed by atoms with van der Waals surface area (Å²) in [5, 5.41) is 4.53. The first kappa shape index (κ1) is 14.6. The van der Waals surface area contributed by atoms with Gasteiger partial charge in [-0.3, -0.25) is 0 Å². The molecule has 0 saturated carbocycles. The van der Waals surface area contributed by atoms with Gasteiger partial charge in [0.1, 0.15) is 11.2 Å². The van der Waals surface area contributed by atoms with Gasteiger partial charge in [0.25, 0.3) is 0 Å². The number of halogens is 1. The molecule has 114 valence electrons. The summed E-state index contributed by atoms with van der Waals surface area (Å²) in [6.07, 6.45) is 0. The summed E-state index contributed by atoms with van der Waals surface area (Å²) in [6.45, 7) is 4.65. The van der Waals surface area contributed by atoms with Gasteiger partial charge in [-0.1, -0.05) is 72.3 Å². The zero-order valence-corrected chi connectivity index (χ0v) is 15.0. The molecule has 0 aliphatic rings. The molecule has 0 aliphatic carbocycles. The van der Waals surface area contributed by atoms with E-state index >= 15 is 0 Å². The van der Waals surface area contributed by atoms with Gasteiger partial charge in [-0.25, -0.2) is 0 Å². The Bertz CT molecular complexity index is 1020. The Hall–Kier alpha value is -2.03. The molecule has 0 amide bonds. The molecule has 0 radical (unpaired) electrons. The van der Waals surface area contributed by atoms with Gasteiger partial charge >= 0.3 is 0 Å². The van der Waals surface area contributed by atoms with Gasteiger partial charge < -0.3 is 4.42 Å². The first-order chi connectivity index (χ1) is 11.1. The third kappa shape index (κ3) is 2.39. The Morgan fingerprint density at radius 2 is 1.61 bits per heavy atom. The monoisotopic (exact) mass is 336 g/mol. The summed E-state index contributed by atoms with van der Waals surface area (Å²) in [6, 6.07) is 20.8. The normalized spacial score (nSPS) is 11.7. The molecule has 0 spiro atoms. The van der Waals surface area contributed by atoms with E-state index in [0.29, 0.717) is 0 Å². The highest BCUT2D eigenvalue weighted by atomic mass is 35.5. The van der Waals surface area contributed by atoms with Crippen molar-refractivity contribution in [2.24, 2.45) is 0 Å². The Morgan fingerprint density at radius 3 is 2.43 bits per heavy atom. The number of hydrogen-bond acceptors (Lipinski definition) is 1. The van der Waals surface area contributed by atoms with Gasteiger partial charge in [0.2, 0.25) is 0 Å². The number of para-hydroxylation sites is 2. The molecular formula is C20H17ClOSi. The van der Waals surface area contributed by atoms with Crippen LogP contribution in [-0.2, 0) is 0 Å². The summed E-state index contributed by atoms with van der Waals surface area (Å²) in [4.78, 5) is 0. The van der Waals surface area contributed by atoms with Gasteiger partial charge in [0.15, 0.2) is 0 Å². The minimum absolute atomic E-state index is 0.807. The van der Waals surface area contributed by atoms with Crippen LogP contribution in [0.1, 0.15) is 0 Å². The minimum atomic E-state index is -1.01. The molecule has 1 heterocycles. The lowest BCUT2D eigenvalue weighted by Crippen LogP contribution is -2.24.